The minimum atomic E-state index is -0.163. The van der Waals surface area contributed by atoms with Gasteiger partial charge in [0.25, 0.3) is 0 Å². The summed E-state index contributed by atoms with van der Waals surface area (Å²) in [6.45, 7) is 1.51. The Bertz CT molecular complexity index is 579. The van der Waals surface area contributed by atoms with Crippen molar-refractivity contribution in [3.8, 4) is 10.8 Å². The van der Waals surface area contributed by atoms with E-state index in [1.165, 1.54) is 7.11 Å². The molecule has 1 saturated heterocycles. The molecule has 5 nitrogen and oxygen atoms in total. The Hall–Kier alpha value is -1.66. The molecule has 3 heterocycles. The van der Waals surface area contributed by atoms with Crippen LogP contribution in [0.25, 0.3) is 10.8 Å². The number of rotatable bonds is 4. The molecular weight excluding hydrogens is 276 g/mol. The molecule has 0 saturated carbocycles. The lowest BCUT2D eigenvalue weighted by atomic mass is 10.2. The Morgan fingerprint density at radius 3 is 3.30 bits per heavy atom. The molecule has 106 valence electrons. The number of carbonyl (C=O) groups is 1. The molecule has 6 heteroatoms. The molecule has 1 fully saturated rings. The molecule has 0 aliphatic carbocycles. The molecule has 0 bridgehead atoms. The Balaban J connectivity index is 1.70. The second kappa shape index (κ2) is 5.76. The van der Waals surface area contributed by atoms with Crippen LogP contribution >= 0.6 is 11.3 Å². The first kappa shape index (κ1) is 13.3. The molecule has 0 radical (unpaired) electrons. The first-order valence-corrected chi connectivity index (χ1v) is 7.46. The van der Waals surface area contributed by atoms with Crippen molar-refractivity contribution in [3.63, 3.8) is 0 Å². The number of hydrogen-bond acceptors (Lipinski definition) is 6. The zero-order valence-electron chi connectivity index (χ0n) is 11.2. The van der Waals surface area contributed by atoms with E-state index in [1.54, 1.807) is 17.6 Å². The molecule has 1 atom stereocenters. The highest BCUT2D eigenvalue weighted by molar-refractivity contribution is 7.13. The van der Waals surface area contributed by atoms with Crippen molar-refractivity contribution < 1.29 is 13.9 Å². The summed E-state index contributed by atoms with van der Waals surface area (Å²) < 4.78 is 10.3. The first-order chi connectivity index (χ1) is 9.78. The van der Waals surface area contributed by atoms with Crippen molar-refractivity contribution in [2.24, 2.45) is 0 Å². The molecule has 0 aromatic carbocycles. The number of nitrogens with zero attached hydrogens (tertiary/aromatic N) is 2. The molecule has 0 N–H and O–H groups in total. The van der Waals surface area contributed by atoms with Crippen LogP contribution in [0.5, 0.6) is 0 Å². The van der Waals surface area contributed by atoms with Gasteiger partial charge in [-0.25, -0.2) is 4.98 Å². The second-order valence-electron chi connectivity index (χ2n) is 4.77. The van der Waals surface area contributed by atoms with Gasteiger partial charge in [-0.1, -0.05) is 6.07 Å². The van der Waals surface area contributed by atoms with Crippen LogP contribution in [-0.2, 0) is 16.1 Å². The molecule has 1 unspecified atom stereocenters. The fourth-order valence-corrected chi connectivity index (χ4v) is 3.17. The Morgan fingerprint density at radius 2 is 2.55 bits per heavy atom. The van der Waals surface area contributed by atoms with Gasteiger partial charge >= 0.3 is 5.97 Å². The van der Waals surface area contributed by atoms with Crippen LogP contribution in [-0.4, -0.2) is 35.5 Å². The van der Waals surface area contributed by atoms with E-state index >= 15 is 0 Å². The standard InChI is InChI=1S/C14H16N2O3S/c1-18-14(17)11-4-2-6-16(11)8-10-9-19-13(15-10)12-5-3-7-20-12/h3,5,7,9,11H,2,4,6,8H2,1H3. The van der Waals surface area contributed by atoms with Gasteiger partial charge in [-0.15, -0.1) is 11.3 Å². The van der Waals surface area contributed by atoms with E-state index in [0.717, 1.165) is 30.0 Å². The summed E-state index contributed by atoms with van der Waals surface area (Å²) in [6, 6.07) is 3.80. The molecule has 2 aromatic rings. The maximum Gasteiger partial charge on any atom is 0.323 e. The number of aromatic nitrogens is 1. The Kier molecular flexibility index (Phi) is 3.84. The Morgan fingerprint density at radius 1 is 1.65 bits per heavy atom. The van der Waals surface area contributed by atoms with Gasteiger partial charge in [-0.2, -0.15) is 0 Å². The minimum Gasteiger partial charge on any atom is -0.468 e. The number of carbonyl (C=O) groups excluding carboxylic acids is 1. The third kappa shape index (κ3) is 2.62. The maximum atomic E-state index is 11.7. The van der Waals surface area contributed by atoms with E-state index < -0.39 is 0 Å². The smallest absolute Gasteiger partial charge is 0.323 e. The van der Waals surface area contributed by atoms with E-state index in [4.69, 9.17) is 9.15 Å². The van der Waals surface area contributed by atoms with Crippen molar-refractivity contribution in [1.29, 1.82) is 0 Å². The van der Waals surface area contributed by atoms with Gasteiger partial charge < -0.3 is 9.15 Å². The van der Waals surface area contributed by atoms with Crippen LogP contribution in [0.3, 0.4) is 0 Å². The molecule has 0 spiro atoms. The van der Waals surface area contributed by atoms with Crippen molar-refractivity contribution >= 4 is 17.3 Å². The first-order valence-electron chi connectivity index (χ1n) is 6.58. The quantitative estimate of drug-likeness (QED) is 0.811. The van der Waals surface area contributed by atoms with Crippen molar-refractivity contribution in [2.45, 2.75) is 25.4 Å². The summed E-state index contributed by atoms with van der Waals surface area (Å²) in [4.78, 5) is 19.3. The van der Waals surface area contributed by atoms with Gasteiger partial charge in [0.1, 0.15) is 12.3 Å². The number of hydrogen-bond donors (Lipinski definition) is 0. The molecule has 1 aliphatic heterocycles. The van der Waals surface area contributed by atoms with Crippen LogP contribution in [0.2, 0.25) is 0 Å². The van der Waals surface area contributed by atoms with E-state index in [9.17, 15) is 4.79 Å². The average molecular weight is 292 g/mol. The molecular formula is C14H16N2O3S. The topological polar surface area (TPSA) is 55.6 Å². The van der Waals surface area contributed by atoms with Crippen molar-refractivity contribution in [2.75, 3.05) is 13.7 Å². The number of esters is 1. The third-order valence-corrected chi connectivity index (χ3v) is 4.34. The summed E-state index contributed by atoms with van der Waals surface area (Å²) in [7, 11) is 1.43. The van der Waals surface area contributed by atoms with Crippen LogP contribution in [0.4, 0.5) is 0 Å². The van der Waals surface area contributed by atoms with Gasteiger partial charge in [-0.05, 0) is 30.8 Å². The van der Waals surface area contributed by atoms with Crippen molar-refractivity contribution in [3.05, 3.63) is 29.5 Å². The highest BCUT2D eigenvalue weighted by Gasteiger charge is 2.31. The lowest BCUT2D eigenvalue weighted by molar-refractivity contribution is -0.146. The van der Waals surface area contributed by atoms with Gasteiger partial charge in [0, 0.05) is 6.54 Å². The van der Waals surface area contributed by atoms with Crippen LogP contribution < -0.4 is 0 Å². The van der Waals surface area contributed by atoms with E-state index in [1.807, 2.05) is 17.5 Å². The van der Waals surface area contributed by atoms with Crippen LogP contribution in [0.15, 0.2) is 28.2 Å². The fourth-order valence-electron chi connectivity index (χ4n) is 2.52. The molecule has 1 aliphatic rings. The largest absolute Gasteiger partial charge is 0.468 e. The molecule has 0 amide bonds. The van der Waals surface area contributed by atoms with Crippen molar-refractivity contribution in [1.82, 2.24) is 9.88 Å². The van der Waals surface area contributed by atoms with Gasteiger partial charge in [0.05, 0.1) is 17.7 Å². The predicted octanol–water partition coefficient (Wildman–Crippen LogP) is 2.54. The minimum absolute atomic E-state index is 0.151. The second-order valence-corrected chi connectivity index (χ2v) is 5.72. The molecule has 20 heavy (non-hydrogen) atoms. The SMILES string of the molecule is COC(=O)C1CCCN1Cc1coc(-c2cccs2)n1. The van der Waals surface area contributed by atoms with Gasteiger partial charge in [0.15, 0.2) is 0 Å². The number of oxazole rings is 1. The van der Waals surface area contributed by atoms with Gasteiger partial charge in [0.2, 0.25) is 5.89 Å². The summed E-state index contributed by atoms with van der Waals surface area (Å²) in [6.07, 6.45) is 3.53. The van der Waals surface area contributed by atoms with Crippen LogP contribution in [0.1, 0.15) is 18.5 Å². The summed E-state index contributed by atoms with van der Waals surface area (Å²) >= 11 is 1.60. The zero-order valence-corrected chi connectivity index (χ0v) is 12.1. The zero-order chi connectivity index (χ0) is 13.9. The lowest BCUT2D eigenvalue weighted by Crippen LogP contribution is -2.36. The molecule has 3 rings (SSSR count). The number of likely N-dealkylation sites (tertiary alicyclic amines) is 1. The summed E-state index contributed by atoms with van der Waals surface area (Å²) in [5, 5.41) is 1.99. The highest BCUT2D eigenvalue weighted by atomic mass is 32.1. The summed E-state index contributed by atoms with van der Waals surface area (Å²) in [5.74, 6) is 0.480. The number of thiophene rings is 1. The van der Waals surface area contributed by atoms with Crippen LogP contribution in [0, 0.1) is 0 Å². The average Bonchev–Trinajstić information content (AvgIpc) is 3.19. The van der Waals surface area contributed by atoms with Gasteiger partial charge in [-0.3, -0.25) is 9.69 Å². The normalized spacial score (nSPS) is 19.4. The van der Waals surface area contributed by atoms with E-state index in [0.29, 0.717) is 12.4 Å². The predicted molar refractivity (Wildman–Crippen MR) is 75.3 cm³/mol. The van der Waals surface area contributed by atoms with E-state index in [2.05, 4.69) is 9.88 Å². The summed E-state index contributed by atoms with van der Waals surface area (Å²) in [5.41, 5.74) is 0.851. The Labute approximate surface area is 121 Å². The third-order valence-electron chi connectivity index (χ3n) is 3.49. The highest BCUT2D eigenvalue weighted by Crippen LogP contribution is 2.25. The lowest BCUT2D eigenvalue weighted by Gasteiger charge is -2.20. The fraction of sp³-hybridized carbons (Fsp3) is 0.429. The van der Waals surface area contributed by atoms with E-state index in [-0.39, 0.29) is 12.0 Å². The maximum absolute atomic E-state index is 11.7. The monoisotopic (exact) mass is 292 g/mol. The number of ether oxygens (including phenoxy) is 1. The number of methoxy groups -OCH3 is 1. The molecule has 2 aromatic heterocycles.